The standard InChI is InChI=1S/C33H19Cl3F7NO3/c34-23-8-7-19(44-31(47)29-28(32(29,35)36)16-3-10-25(39)22(11-16)33(41,42)43)13-20(23)27(46)12-17-4-9-24(38)21(30(17)40)14-26(45)15-1-5-18(37)6-2-15/h1-11,13,28-29H,12,14H2,(H,44,47)/t28-,29+/m0/s1. The van der Waals surface area contributed by atoms with Gasteiger partial charge in [-0.25, -0.2) is 17.6 Å². The SMILES string of the molecule is O=C(Cc1c(F)ccc(CC(=O)c2cc(NC(=O)[C@H]3[C@H](c4ccc(F)c(C(F)(F)F)c4)C3(Cl)Cl)ccc2Cl)c1F)c1ccc(F)cc1. The van der Waals surface area contributed by atoms with Gasteiger partial charge in [0, 0.05) is 41.1 Å². The van der Waals surface area contributed by atoms with Crippen molar-refractivity contribution in [2.24, 2.45) is 5.92 Å². The number of amides is 1. The van der Waals surface area contributed by atoms with Crippen molar-refractivity contribution < 1.29 is 45.1 Å². The van der Waals surface area contributed by atoms with Crippen LogP contribution < -0.4 is 5.32 Å². The number of rotatable bonds is 9. The van der Waals surface area contributed by atoms with Crippen LogP contribution in [-0.4, -0.2) is 21.8 Å². The van der Waals surface area contributed by atoms with Gasteiger partial charge >= 0.3 is 6.18 Å². The summed E-state index contributed by atoms with van der Waals surface area (Å²) < 4.78 is 94.7. The summed E-state index contributed by atoms with van der Waals surface area (Å²) in [6.07, 6.45) is -6.32. The minimum atomic E-state index is -5.00. The molecule has 14 heteroatoms. The van der Waals surface area contributed by atoms with Crippen LogP contribution in [0.3, 0.4) is 0 Å². The molecule has 1 aliphatic rings. The van der Waals surface area contributed by atoms with Crippen molar-refractivity contribution in [3.8, 4) is 0 Å². The molecule has 0 bridgehead atoms. The zero-order valence-corrected chi connectivity index (χ0v) is 25.8. The molecule has 0 heterocycles. The van der Waals surface area contributed by atoms with Crippen LogP contribution in [0.2, 0.25) is 5.02 Å². The van der Waals surface area contributed by atoms with E-state index in [1.54, 1.807) is 0 Å². The highest BCUT2D eigenvalue weighted by Crippen LogP contribution is 2.65. The first-order valence-electron chi connectivity index (χ1n) is 13.6. The number of ketones is 2. The lowest BCUT2D eigenvalue weighted by Gasteiger charge is -2.12. The largest absolute Gasteiger partial charge is 0.419 e. The summed E-state index contributed by atoms with van der Waals surface area (Å²) in [5, 5.41) is 2.39. The van der Waals surface area contributed by atoms with E-state index < -0.39 is 87.1 Å². The Morgan fingerprint density at radius 3 is 2.11 bits per heavy atom. The van der Waals surface area contributed by atoms with Crippen LogP contribution in [0.4, 0.5) is 36.4 Å². The minimum absolute atomic E-state index is 0.0118. The maximum Gasteiger partial charge on any atom is 0.419 e. The normalized spacial score (nSPS) is 16.9. The molecule has 5 rings (SSSR count). The molecule has 0 unspecified atom stereocenters. The molecule has 4 nitrogen and oxygen atoms in total. The molecule has 0 aliphatic heterocycles. The van der Waals surface area contributed by atoms with Gasteiger partial charge in [-0.15, -0.1) is 23.2 Å². The molecule has 244 valence electrons. The predicted molar refractivity (Wildman–Crippen MR) is 161 cm³/mol. The lowest BCUT2D eigenvalue weighted by Crippen LogP contribution is -2.18. The highest BCUT2D eigenvalue weighted by Gasteiger charge is 2.67. The fourth-order valence-electron chi connectivity index (χ4n) is 5.17. The quantitative estimate of drug-likeness (QED) is 0.107. The molecule has 0 saturated heterocycles. The first-order chi connectivity index (χ1) is 22.0. The Labute approximate surface area is 277 Å². The molecule has 0 spiro atoms. The van der Waals surface area contributed by atoms with E-state index >= 15 is 4.39 Å². The second-order valence-electron chi connectivity index (χ2n) is 10.8. The molecular weight excluding hydrogens is 698 g/mol. The Balaban J connectivity index is 1.32. The van der Waals surface area contributed by atoms with Crippen LogP contribution in [0.1, 0.15) is 48.9 Å². The van der Waals surface area contributed by atoms with Crippen LogP contribution in [0.15, 0.2) is 72.8 Å². The monoisotopic (exact) mass is 715 g/mol. The van der Waals surface area contributed by atoms with Crippen molar-refractivity contribution >= 4 is 58.0 Å². The Hall–Kier alpha value is -3.93. The molecule has 4 aromatic rings. The average molecular weight is 717 g/mol. The summed E-state index contributed by atoms with van der Waals surface area (Å²) in [5.74, 6) is -8.89. The van der Waals surface area contributed by atoms with Crippen molar-refractivity contribution in [3.05, 3.63) is 134 Å². The molecule has 1 amide bonds. The van der Waals surface area contributed by atoms with Crippen molar-refractivity contribution in [2.75, 3.05) is 5.32 Å². The maximum atomic E-state index is 15.4. The summed E-state index contributed by atoms with van der Waals surface area (Å²) in [4.78, 5) is 38.8. The van der Waals surface area contributed by atoms with Gasteiger partial charge in [-0.3, -0.25) is 14.4 Å². The number of carbonyl (C=O) groups is 3. The third-order valence-corrected chi connectivity index (χ3v) is 8.92. The highest BCUT2D eigenvalue weighted by molar-refractivity contribution is 6.53. The van der Waals surface area contributed by atoms with Gasteiger partial charge in [-0.1, -0.05) is 23.7 Å². The number of hydrogen-bond donors (Lipinski definition) is 1. The van der Waals surface area contributed by atoms with Crippen LogP contribution in [0.5, 0.6) is 0 Å². The summed E-state index contributed by atoms with van der Waals surface area (Å²) >= 11 is 18.7. The fraction of sp³-hybridized carbons (Fsp3) is 0.182. The topological polar surface area (TPSA) is 63.2 Å². The Morgan fingerprint density at radius 2 is 1.45 bits per heavy atom. The number of anilines is 1. The van der Waals surface area contributed by atoms with Crippen LogP contribution in [-0.2, 0) is 23.8 Å². The lowest BCUT2D eigenvalue weighted by molar-refractivity contribution is -0.140. The van der Waals surface area contributed by atoms with Gasteiger partial charge in [0.25, 0.3) is 0 Å². The molecule has 0 radical (unpaired) electrons. The number of nitrogens with one attached hydrogen (secondary N) is 1. The van der Waals surface area contributed by atoms with E-state index in [-0.39, 0.29) is 33.0 Å². The second kappa shape index (κ2) is 12.9. The van der Waals surface area contributed by atoms with E-state index in [4.69, 9.17) is 34.8 Å². The van der Waals surface area contributed by atoms with Gasteiger partial charge in [0.1, 0.15) is 27.6 Å². The van der Waals surface area contributed by atoms with E-state index in [0.29, 0.717) is 12.1 Å². The third kappa shape index (κ3) is 7.17. The molecule has 1 aliphatic carbocycles. The van der Waals surface area contributed by atoms with Crippen molar-refractivity contribution in [3.63, 3.8) is 0 Å². The highest BCUT2D eigenvalue weighted by atomic mass is 35.5. The van der Waals surface area contributed by atoms with E-state index in [1.165, 1.54) is 30.3 Å². The van der Waals surface area contributed by atoms with Gasteiger partial charge in [0.2, 0.25) is 5.91 Å². The number of hydrogen-bond acceptors (Lipinski definition) is 3. The molecule has 1 fully saturated rings. The van der Waals surface area contributed by atoms with Crippen LogP contribution in [0, 0.1) is 29.2 Å². The van der Waals surface area contributed by atoms with Crippen molar-refractivity contribution in [2.45, 2.75) is 29.3 Å². The summed E-state index contributed by atoms with van der Waals surface area (Å²) in [6.45, 7) is 0. The van der Waals surface area contributed by atoms with Crippen LogP contribution >= 0.6 is 34.8 Å². The summed E-state index contributed by atoms with van der Waals surface area (Å²) in [5.41, 5.74) is -2.63. The number of carbonyl (C=O) groups excluding carboxylic acids is 3. The Bertz CT molecular complexity index is 1910. The van der Waals surface area contributed by atoms with E-state index in [0.717, 1.165) is 30.3 Å². The molecule has 4 aromatic carbocycles. The number of benzene rings is 4. The smallest absolute Gasteiger partial charge is 0.326 e. The average Bonchev–Trinajstić information content (AvgIpc) is 3.59. The van der Waals surface area contributed by atoms with Crippen molar-refractivity contribution in [1.82, 2.24) is 0 Å². The zero-order valence-electron chi connectivity index (χ0n) is 23.5. The third-order valence-electron chi connectivity index (χ3n) is 7.65. The number of Topliss-reactive ketones (excluding diaryl/α,β-unsaturated/α-hetero) is 2. The first-order valence-corrected chi connectivity index (χ1v) is 14.7. The molecule has 1 saturated carbocycles. The molecule has 2 atom stereocenters. The lowest BCUT2D eigenvalue weighted by atomic mass is 9.96. The van der Waals surface area contributed by atoms with Crippen LogP contribution in [0.25, 0.3) is 0 Å². The Morgan fingerprint density at radius 1 is 0.787 bits per heavy atom. The molecule has 0 aromatic heterocycles. The van der Waals surface area contributed by atoms with E-state index in [2.05, 4.69) is 5.32 Å². The predicted octanol–water partition coefficient (Wildman–Crippen LogP) is 9.29. The number of halogens is 10. The van der Waals surface area contributed by atoms with Gasteiger partial charge in [-0.2, -0.15) is 13.2 Å². The summed E-state index contributed by atoms with van der Waals surface area (Å²) in [6, 6.07) is 12.2. The summed E-state index contributed by atoms with van der Waals surface area (Å²) in [7, 11) is 0. The van der Waals surface area contributed by atoms with Crippen molar-refractivity contribution in [1.29, 1.82) is 0 Å². The fourth-order valence-corrected chi connectivity index (χ4v) is 6.22. The molecule has 47 heavy (non-hydrogen) atoms. The van der Waals surface area contributed by atoms with Gasteiger partial charge in [0.15, 0.2) is 11.6 Å². The molecule has 1 N–H and O–H groups in total. The van der Waals surface area contributed by atoms with E-state index in [9.17, 15) is 40.7 Å². The van der Waals surface area contributed by atoms with Gasteiger partial charge in [-0.05, 0) is 71.8 Å². The zero-order chi connectivity index (χ0) is 34.4. The number of alkyl halides is 5. The minimum Gasteiger partial charge on any atom is -0.326 e. The second-order valence-corrected chi connectivity index (χ2v) is 12.6. The van der Waals surface area contributed by atoms with E-state index in [1.807, 2.05) is 0 Å². The molecular formula is C33H19Cl3F7NO3. The van der Waals surface area contributed by atoms with Gasteiger partial charge in [0.05, 0.1) is 16.5 Å². The Kier molecular flexibility index (Phi) is 9.47. The van der Waals surface area contributed by atoms with Gasteiger partial charge < -0.3 is 5.32 Å². The maximum absolute atomic E-state index is 15.4. The first kappa shape index (κ1) is 34.4.